The molecule has 0 saturated carbocycles. The van der Waals surface area contributed by atoms with Gasteiger partial charge in [-0.05, 0) is 12.8 Å². The summed E-state index contributed by atoms with van der Waals surface area (Å²) in [7, 11) is 0. The Kier molecular flexibility index (Phi) is 3.56. The second-order valence-corrected chi connectivity index (χ2v) is 4.79. The first kappa shape index (κ1) is 12.3. The van der Waals surface area contributed by atoms with Crippen LogP contribution in [0.4, 0.5) is 0 Å². The number of ether oxygens (including phenoxy) is 1. The molecule has 1 aliphatic rings. The first-order chi connectivity index (χ1) is 9.33. The van der Waals surface area contributed by atoms with Crippen LogP contribution in [-0.4, -0.2) is 33.3 Å². The molecule has 1 saturated heterocycles. The number of hydrogen-bond acceptors (Lipinski definition) is 6. The van der Waals surface area contributed by atoms with E-state index in [1.165, 1.54) is 0 Å². The fraction of sp³-hybridized carbons (Fsp3) is 0.583. The number of imidazole rings is 1. The molecule has 0 amide bonds. The third kappa shape index (κ3) is 2.82. The van der Waals surface area contributed by atoms with Crippen molar-refractivity contribution in [1.82, 2.24) is 20.1 Å². The highest BCUT2D eigenvalue weighted by Gasteiger charge is 2.23. The lowest BCUT2D eigenvalue weighted by molar-refractivity contribution is 0.0773. The molecule has 1 aliphatic heterocycles. The van der Waals surface area contributed by atoms with E-state index >= 15 is 0 Å². The first-order valence-electron chi connectivity index (χ1n) is 6.47. The summed E-state index contributed by atoms with van der Waals surface area (Å²) in [4.78, 5) is 11.4. The van der Waals surface area contributed by atoms with Gasteiger partial charge in [-0.25, -0.2) is 4.98 Å². The number of rotatable bonds is 4. The molecule has 2 aromatic heterocycles. The van der Waals surface area contributed by atoms with Gasteiger partial charge in [0.15, 0.2) is 5.82 Å². The summed E-state index contributed by atoms with van der Waals surface area (Å²) in [6, 6.07) is -0.314. The van der Waals surface area contributed by atoms with Crippen molar-refractivity contribution in [2.24, 2.45) is 5.73 Å². The maximum absolute atomic E-state index is 6.05. The predicted octanol–water partition coefficient (Wildman–Crippen LogP) is 0.929. The third-order valence-corrected chi connectivity index (χ3v) is 3.29. The van der Waals surface area contributed by atoms with Crippen LogP contribution in [0.5, 0.6) is 0 Å². The van der Waals surface area contributed by atoms with Crippen LogP contribution in [0.1, 0.15) is 42.2 Å². The van der Waals surface area contributed by atoms with Crippen LogP contribution in [-0.2, 0) is 11.2 Å². The van der Waals surface area contributed by atoms with Gasteiger partial charge in [0, 0.05) is 30.8 Å². The van der Waals surface area contributed by atoms with E-state index in [1.807, 2.05) is 0 Å². The fourth-order valence-corrected chi connectivity index (χ4v) is 2.23. The first-order valence-corrected chi connectivity index (χ1v) is 6.47. The molecular formula is C12H17N5O2. The summed E-state index contributed by atoms with van der Waals surface area (Å²) in [6.07, 6.45) is 6.04. The number of aromatic amines is 1. The quantitative estimate of drug-likeness (QED) is 0.850. The Labute approximate surface area is 110 Å². The molecule has 0 bridgehead atoms. The lowest BCUT2D eigenvalue weighted by Crippen LogP contribution is -2.17. The van der Waals surface area contributed by atoms with E-state index in [9.17, 15) is 0 Å². The summed E-state index contributed by atoms with van der Waals surface area (Å²) in [5, 5.41) is 4.02. The molecule has 0 radical (unpaired) electrons. The minimum atomic E-state index is -0.314. The maximum Gasteiger partial charge on any atom is 0.243 e. The second-order valence-electron chi connectivity index (χ2n) is 4.79. The van der Waals surface area contributed by atoms with Gasteiger partial charge >= 0.3 is 0 Å². The van der Waals surface area contributed by atoms with Crippen molar-refractivity contribution in [2.75, 3.05) is 13.2 Å². The predicted molar refractivity (Wildman–Crippen MR) is 66.3 cm³/mol. The molecule has 2 aromatic rings. The largest absolute Gasteiger partial charge is 0.381 e. The van der Waals surface area contributed by atoms with E-state index in [4.69, 9.17) is 15.0 Å². The van der Waals surface area contributed by atoms with E-state index in [0.29, 0.717) is 24.7 Å². The summed E-state index contributed by atoms with van der Waals surface area (Å²) in [5.74, 6) is 1.40. The third-order valence-electron chi connectivity index (χ3n) is 3.29. The number of H-pyrrole nitrogens is 1. The zero-order chi connectivity index (χ0) is 13.1. The number of nitrogens with zero attached hydrogens (tertiary/aromatic N) is 3. The molecule has 7 nitrogen and oxygen atoms in total. The van der Waals surface area contributed by atoms with Gasteiger partial charge in [0.2, 0.25) is 5.89 Å². The topological polar surface area (TPSA) is 103 Å². The van der Waals surface area contributed by atoms with Gasteiger partial charge in [-0.15, -0.1) is 0 Å². The molecule has 3 rings (SSSR count). The van der Waals surface area contributed by atoms with Gasteiger partial charge in [0.05, 0.1) is 19.0 Å². The van der Waals surface area contributed by atoms with E-state index < -0.39 is 0 Å². The van der Waals surface area contributed by atoms with E-state index in [1.54, 1.807) is 12.5 Å². The molecule has 0 aromatic carbocycles. The molecule has 7 heteroatoms. The van der Waals surface area contributed by atoms with Crippen LogP contribution in [0.25, 0.3) is 0 Å². The van der Waals surface area contributed by atoms with Gasteiger partial charge in [0.25, 0.3) is 0 Å². The van der Waals surface area contributed by atoms with Crippen LogP contribution in [0, 0.1) is 0 Å². The normalized spacial score (nSPS) is 21.4. The van der Waals surface area contributed by atoms with Gasteiger partial charge in [0.1, 0.15) is 0 Å². The number of nitrogens with two attached hydrogens (primary N) is 1. The molecular weight excluding hydrogens is 246 g/mol. The SMILES string of the molecule is N[C@@H](Cc1cnc[nH]1)c1nc(C2CCCOC2)no1. The molecule has 3 heterocycles. The molecule has 19 heavy (non-hydrogen) atoms. The molecule has 0 spiro atoms. The van der Waals surface area contributed by atoms with Gasteiger partial charge in [-0.1, -0.05) is 5.16 Å². The van der Waals surface area contributed by atoms with Crippen LogP contribution in [0.3, 0.4) is 0 Å². The van der Waals surface area contributed by atoms with E-state index in [2.05, 4.69) is 20.1 Å². The van der Waals surface area contributed by atoms with Crippen molar-refractivity contribution >= 4 is 0 Å². The Hall–Kier alpha value is -1.73. The van der Waals surface area contributed by atoms with Crippen molar-refractivity contribution in [3.05, 3.63) is 29.9 Å². The van der Waals surface area contributed by atoms with Gasteiger partial charge in [-0.3, -0.25) is 0 Å². The molecule has 102 valence electrons. The standard InChI is InChI=1S/C12H17N5O2/c13-10(4-9-5-14-7-15-9)12-16-11(17-19-12)8-2-1-3-18-6-8/h5,7-8,10H,1-4,6,13H2,(H,14,15)/t8?,10-/m0/s1. The highest BCUT2D eigenvalue weighted by atomic mass is 16.5. The van der Waals surface area contributed by atoms with Crippen molar-refractivity contribution in [3.8, 4) is 0 Å². The van der Waals surface area contributed by atoms with Crippen molar-refractivity contribution < 1.29 is 9.26 Å². The molecule has 2 atom stereocenters. The lowest BCUT2D eigenvalue weighted by Gasteiger charge is -2.18. The van der Waals surface area contributed by atoms with E-state index in [-0.39, 0.29) is 12.0 Å². The monoisotopic (exact) mass is 263 g/mol. The van der Waals surface area contributed by atoms with Gasteiger partial charge in [-0.2, -0.15) is 4.98 Å². The molecule has 1 fully saturated rings. The van der Waals surface area contributed by atoms with Crippen LogP contribution >= 0.6 is 0 Å². The summed E-state index contributed by atoms with van der Waals surface area (Å²) >= 11 is 0. The van der Waals surface area contributed by atoms with E-state index in [0.717, 1.165) is 25.1 Å². The fourth-order valence-electron chi connectivity index (χ4n) is 2.23. The Morgan fingerprint density at radius 1 is 1.53 bits per heavy atom. The zero-order valence-corrected chi connectivity index (χ0v) is 10.6. The number of nitrogens with one attached hydrogen (secondary N) is 1. The molecule has 1 unspecified atom stereocenters. The lowest BCUT2D eigenvalue weighted by atomic mass is 10.0. The summed E-state index contributed by atoms with van der Waals surface area (Å²) in [5.41, 5.74) is 7.01. The van der Waals surface area contributed by atoms with Crippen LogP contribution in [0.2, 0.25) is 0 Å². The minimum absolute atomic E-state index is 0.227. The smallest absolute Gasteiger partial charge is 0.243 e. The molecule has 0 aliphatic carbocycles. The Bertz CT molecular complexity index is 504. The molecule has 3 N–H and O–H groups in total. The highest BCUT2D eigenvalue weighted by Crippen LogP contribution is 2.24. The highest BCUT2D eigenvalue weighted by molar-refractivity contribution is 5.04. The second kappa shape index (κ2) is 5.50. The Balaban J connectivity index is 1.66. The summed E-state index contributed by atoms with van der Waals surface area (Å²) in [6.45, 7) is 1.48. The Morgan fingerprint density at radius 3 is 3.21 bits per heavy atom. The van der Waals surface area contributed by atoms with Crippen molar-refractivity contribution in [3.63, 3.8) is 0 Å². The number of hydrogen-bond donors (Lipinski definition) is 2. The average molecular weight is 263 g/mol. The van der Waals surface area contributed by atoms with Gasteiger partial charge < -0.3 is 20.0 Å². The van der Waals surface area contributed by atoms with Crippen LogP contribution < -0.4 is 5.73 Å². The zero-order valence-electron chi connectivity index (χ0n) is 10.6. The van der Waals surface area contributed by atoms with Crippen molar-refractivity contribution in [2.45, 2.75) is 31.2 Å². The summed E-state index contributed by atoms with van der Waals surface area (Å²) < 4.78 is 10.7. The average Bonchev–Trinajstić information content (AvgIpc) is 3.10. The number of aromatic nitrogens is 4. The van der Waals surface area contributed by atoms with Crippen LogP contribution in [0.15, 0.2) is 17.0 Å². The van der Waals surface area contributed by atoms with Crippen molar-refractivity contribution in [1.29, 1.82) is 0 Å². The maximum atomic E-state index is 6.05. The minimum Gasteiger partial charge on any atom is -0.381 e. The Morgan fingerprint density at radius 2 is 2.47 bits per heavy atom.